The molecule has 0 nitrogen and oxygen atoms in total. The summed E-state index contributed by atoms with van der Waals surface area (Å²) in [5.74, 6) is 0. The van der Waals surface area contributed by atoms with E-state index in [2.05, 4.69) is 77.1 Å². The third-order valence-corrected chi connectivity index (χ3v) is 2.66. The highest BCUT2D eigenvalue weighted by Crippen LogP contribution is 2.24. The van der Waals surface area contributed by atoms with Gasteiger partial charge >= 0.3 is 0 Å². The number of allylic oxidation sites excluding steroid dienone is 4. The summed E-state index contributed by atoms with van der Waals surface area (Å²) in [5, 5.41) is 0. The zero-order valence-electron chi connectivity index (χ0n) is 11.7. The maximum absolute atomic E-state index is 2.28. The predicted molar refractivity (Wildman–Crippen MR) is 77.9 cm³/mol. The second-order valence-electron chi connectivity index (χ2n) is 5.97. The van der Waals surface area contributed by atoms with Crippen LogP contribution in [0, 0.1) is 5.41 Å². The Morgan fingerprint density at radius 1 is 1.00 bits per heavy atom. The second-order valence-corrected chi connectivity index (χ2v) is 5.97. The highest BCUT2D eigenvalue weighted by Gasteiger charge is 2.09. The van der Waals surface area contributed by atoms with Gasteiger partial charge < -0.3 is 0 Å². The maximum atomic E-state index is 2.28. The van der Waals surface area contributed by atoms with Gasteiger partial charge in [0, 0.05) is 0 Å². The van der Waals surface area contributed by atoms with Crippen molar-refractivity contribution in [2.24, 2.45) is 5.41 Å². The molecular weight excluding hydrogens is 204 g/mol. The van der Waals surface area contributed by atoms with Crippen molar-refractivity contribution < 1.29 is 0 Å². The van der Waals surface area contributed by atoms with E-state index < -0.39 is 0 Å². The summed E-state index contributed by atoms with van der Waals surface area (Å²) in [4.78, 5) is 0. The van der Waals surface area contributed by atoms with Crippen molar-refractivity contribution in [1.82, 2.24) is 0 Å². The van der Waals surface area contributed by atoms with Crippen molar-refractivity contribution >= 4 is 5.57 Å². The maximum Gasteiger partial charge on any atom is -0.0227 e. The van der Waals surface area contributed by atoms with Crippen LogP contribution in [0.3, 0.4) is 0 Å². The van der Waals surface area contributed by atoms with E-state index in [4.69, 9.17) is 0 Å². The zero-order chi connectivity index (χ0) is 12.9. The van der Waals surface area contributed by atoms with Gasteiger partial charge in [-0.15, -0.1) is 0 Å². The Morgan fingerprint density at radius 2 is 1.59 bits per heavy atom. The van der Waals surface area contributed by atoms with Crippen LogP contribution in [0.5, 0.6) is 0 Å². The summed E-state index contributed by atoms with van der Waals surface area (Å²) >= 11 is 0. The first-order chi connectivity index (χ1) is 7.88. The molecule has 0 aliphatic heterocycles. The molecule has 0 atom stereocenters. The van der Waals surface area contributed by atoms with E-state index in [0.717, 1.165) is 6.42 Å². The van der Waals surface area contributed by atoms with Crippen LogP contribution in [0.15, 0.2) is 48.1 Å². The van der Waals surface area contributed by atoms with Crippen molar-refractivity contribution in [3.63, 3.8) is 0 Å². The van der Waals surface area contributed by atoms with E-state index in [1.54, 1.807) is 0 Å². The molecule has 0 heterocycles. The lowest BCUT2D eigenvalue weighted by Gasteiger charge is -2.18. The molecule has 1 rings (SSSR count). The van der Waals surface area contributed by atoms with Gasteiger partial charge in [-0.3, -0.25) is 0 Å². The Bertz CT molecular complexity index is 399. The molecule has 0 saturated heterocycles. The van der Waals surface area contributed by atoms with Crippen LogP contribution >= 0.6 is 0 Å². The molecule has 0 saturated carbocycles. The summed E-state index contributed by atoms with van der Waals surface area (Å²) in [6.45, 7) is 11.2. The average Bonchev–Trinajstić information content (AvgIpc) is 2.25. The average molecular weight is 228 g/mol. The Balaban J connectivity index is 2.74. The van der Waals surface area contributed by atoms with Gasteiger partial charge in [0.1, 0.15) is 0 Å². The molecule has 0 heteroatoms. The minimum atomic E-state index is 0.370. The summed E-state index contributed by atoms with van der Waals surface area (Å²) in [7, 11) is 0. The van der Waals surface area contributed by atoms with Gasteiger partial charge in [-0.2, -0.15) is 0 Å². The molecule has 0 aliphatic rings. The molecular formula is C17H24. The normalized spacial score (nSPS) is 13.9. The van der Waals surface area contributed by atoms with Crippen LogP contribution in [0.25, 0.3) is 5.57 Å². The van der Waals surface area contributed by atoms with Gasteiger partial charge in [0.05, 0.1) is 0 Å². The highest BCUT2D eigenvalue weighted by molar-refractivity contribution is 5.65. The molecule has 0 aliphatic carbocycles. The smallest absolute Gasteiger partial charge is 0.0227 e. The number of benzene rings is 1. The van der Waals surface area contributed by atoms with Gasteiger partial charge in [-0.05, 0) is 36.8 Å². The molecule has 0 aromatic heterocycles. The highest BCUT2D eigenvalue weighted by atomic mass is 14.1. The third kappa shape index (κ3) is 5.53. The first-order valence-corrected chi connectivity index (χ1v) is 6.28. The minimum absolute atomic E-state index is 0.370. The minimum Gasteiger partial charge on any atom is -0.0728 e. The predicted octanol–water partition coefficient (Wildman–Crippen LogP) is 5.47. The monoisotopic (exact) mass is 228 g/mol. The topological polar surface area (TPSA) is 0 Å². The van der Waals surface area contributed by atoms with Crippen molar-refractivity contribution in [3.8, 4) is 0 Å². The second kappa shape index (κ2) is 5.86. The van der Waals surface area contributed by atoms with Crippen LogP contribution in [-0.4, -0.2) is 0 Å². The lowest BCUT2D eigenvalue weighted by Crippen LogP contribution is -2.04. The van der Waals surface area contributed by atoms with E-state index >= 15 is 0 Å². The molecule has 0 spiro atoms. The van der Waals surface area contributed by atoms with E-state index in [9.17, 15) is 0 Å². The van der Waals surface area contributed by atoms with Crippen LogP contribution < -0.4 is 0 Å². The number of hydrogen-bond acceptors (Lipinski definition) is 0. The fourth-order valence-corrected chi connectivity index (χ4v) is 1.96. The van der Waals surface area contributed by atoms with Crippen LogP contribution in [0.2, 0.25) is 0 Å². The van der Waals surface area contributed by atoms with Gasteiger partial charge in [-0.25, -0.2) is 0 Å². The third-order valence-electron chi connectivity index (χ3n) is 2.66. The molecule has 0 N–H and O–H groups in total. The first-order valence-electron chi connectivity index (χ1n) is 6.28. The Labute approximate surface area is 106 Å². The lowest BCUT2D eigenvalue weighted by atomic mass is 9.88. The summed E-state index contributed by atoms with van der Waals surface area (Å²) in [6, 6.07) is 10.5. The Morgan fingerprint density at radius 3 is 2.12 bits per heavy atom. The van der Waals surface area contributed by atoms with Gasteiger partial charge in [0.25, 0.3) is 0 Å². The first kappa shape index (κ1) is 13.8. The van der Waals surface area contributed by atoms with E-state index in [-0.39, 0.29) is 0 Å². The van der Waals surface area contributed by atoms with Gasteiger partial charge in [-0.1, -0.05) is 68.8 Å². The number of rotatable bonds is 3. The van der Waals surface area contributed by atoms with Crippen LogP contribution in [-0.2, 0) is 0 Å². The molecule has 0 bridgehead atoms. The van der Waals surface area contributed by atoms with E-state index in [1.165, 1.54) is 16.7 Å². The zero-order valence-corrected chi connectivity index (χ0v) is 11.7. The fourth-order valence-electron chi connectivity index (χ4n) is 1.96. The lowest BCUT2D eigenvalue weighted by molar-refractivity contribution is 0.410. The van der Waals surface area contributed by atoms with Crippen molar-refractivity contribution in [1.29, 1.82) is 0 Å². The molecule has 1 aromatic carbocycles. The Hall–Kier alpha value is -1.30. The molecule has 1 aromatic rings. The fraction of sp³-hybridized carbons (Fsp3) is 0.412. The van der Waals surface area contributed by atoms with Crippen LogP contribution in [0.4, 0.5) is 0 Å². The van der Waals surface area contributed by atoms with E-state index in [1.807, 2.05) is 0 Å². The SMILES string of the molecule is C/C(=C\C=C(/C)c1ccccc1)CC(C)(C)C. The molecule has 0 amide bonds. The quantitative estimate of drug-likeness (QED) is 0.601. The van der Waals surface area contributed by atoms with Crippen molar-refractivity contribution in [3.05, 3.63) is 53.6 Å². The van der Waals surface area contributed by atoms with Crippen molar-refractivity contribution in [2.45, 2.75) is 41.0 Å². The van der Waals surface area contributed by atoms with Crippen molar-refractivity contribution in [2.75, 3.05) is 0 Å². The summed E-state index contributed by atoms with van der Waals surface area (Å²) < 4.78 is 0. The molecule has 92 valence electrons. The Kier molecular flexibility index (Phi) is 4.74. The largest absolute Gasteiger partial charge is 0.0728 e. The summed E-state index contributed by atoms with van der Waals surface area (Å²) in [6.07, 6.45) is 5.61. The van der Waals surface area contributed by atoms with Crippen LogP contribution in [0.1, 0.15) is 46.6 Å². The molecule has 0 unspecified atom stereocenters. The molecule has 0 fully saturated rings. The number of hydrogen-bond donors (Lipinski definition) is 0. The summed E-state index contributed by atoms with van der Waals surface area (Å²) in [5.41, 5.74) is 4.42. The standard InChI is InChI=1S/C17H24/c1-14(13-17(3,4)5)11-12-15(2)16-9-7-6-8-10-16/h6-12H,13H2,1-5H3/b14-11+,15-12+. The van der Waals surface area contributed by atoms with Gasteiger partial charge in [0.15, 0.2) is 0 Å². The molecule has 0 radical (unpaired) electrons. The molecule has 17 heavy (non-hydrogen) atoms. The van der Waals surface area contributed by atoms with E-state index in [0.29, 0.717) is 5.41 Å². The van der Waals surface area contributed by atoms with Gasteiger partial charge in [0.2, 0.25) is 0 Å².